The number of carboxylic acid groups (broad SMARTS) is 2. The minimum Gasteiger partial charge on any atom is -0.479 e. The van der Waals surface area contributed by atoms with Gasteiger partial charge in [0.25, 0.3) is 0 Å². The zero-order valence-electron chi connectivity index (χ0n) is 33.3. The highest BCUT2D eigenvalue weighted by Crippen LogP contribution is 2.27. The molecule has 0 fully saturated rings. The average Bonchev–Trinajstić information content (AvgIpc) is 3.69. The summed E-state index contributed by atoms with van der Waals surface area (Å²) in [6, 6.07) is 24.6. The van der Waals surface area contributed by atoms with E-state index in [0.29, 0.717) is 12.8 Å². The van der Waals surface area contributed by atoms with Crippen LogP contribution in [0.15, 0.2) is 85.2 Å². The predicted octanol–water partition coefficient (Wildman–Crippen LogP) is 3.55. The molecule has 0 aliphatic carbocycles. The fourth-order valence-electron chi connectivity index (χ4n) is 5.49. The van der Waals surface area contributed by atoms with Gasteiger partial charge in [-0.3, -0.25) is 9.59 Å². The van der Waals surface area contributed by atoms with Gasteiger partial charge in [0.2, 0.25) is 11.8 Å². The molecule has 6 aromatic rings. The largest absolute Gasteiger partial charge is 0.479 e. The van der Waals surface area contributed by atoms with E-state index in [9.17, 15) is 19.2 Å². The van der Waals surface area contributed by atoms with Crippen molar-refractivity contribution in [3.63, 3.8) is 0 Å². The third-order valence-electron chi connectivity index (χ3n) is 8.82. The first-order valence-corrected chi connectivity index (χ1v) is 17.7. The number of likely N-dealkylation sites (N-methyl/N-ethyl adjacent to an activating group) is 2. The van der Waals surface area contributed by atoms with E-state index in [-0.39, 0.29) is 17.3 Å². The molecular weight excluding hydrogens is 732 g/mol. The van der Waals surface area contributed by atoms with Crippen LogP contribution in [0.4, 0.5) is 0 Å². The highest BCUT2D eigenvalue weighted by atomic mass is 16.4. The van der Waals surface area contributed by atoms with Gasteiger partial charge in [0.15, 0.2) is 12.2 Å². The van der Waals surface area contributed by atoms with Crippen LogP contribution < -0.4 is 0 Å². The van der Waals surface area contributed by atoms with Gasteiger partial charge in [-0.15, -0.1) is 0 Å². The van der Waals surface area contributed by atoms with Crippen molar-refractivity contribution in [2.24, 2.45) is 0 Å². The van der Waals surface area contributed by atoms with E-state index in [2.05, 4.69) is 62.4 Å². The Hall–Kier alpha value is -6.42. The number of benzene rings is 2. The fourth-order valence-corrected chi connectivity index (χ4v) is 5.49. The maximum atomic E-state index is 12.3. The quantitative estimate of drug-likeness (QED) is 0.167. The third kappa shape index (κ3) is 11.3. The van der Waals surface area contributed by atoms with Gasteiger partial charge in [-0.05, 0) is 51.0 Å². The molecule has 6 rings (SSSR count). The summed E-state index contributed by atoms with van der Waals surface area (Å²) in [7, 11) is 7.12. The van der Waals surface area contributed by atoms with Crippen molar-refractivity contribution in [1.82, 2.24) is 28.6 Å². The number of aliphatic hydroxyl groups excluding tert-OH is 2. The van der Waals surface area contributed by atoms with E-state index < -0.39 is 24.1 Å². The zero-order valence-corrected chi connectivity index (χ0v) is 33.3. The Balaban J connectivity index is 0.000000245. The van der Waals surface area contributed by atoms with E-state index in [4.69, 9.17) is 30.4 Å². The maximum absolute atomic E-state index is 12.3. The number of carbonyl (C=O) groups is 4. The number of aliphatic carboxylic acids is 2. The van der Waals surface area contributed by atoms with Crippen molar-refractivity contribution in [1.29, 1.82) is 0 Å². The highest BCUT2D eigenvalue weighted by Gasteiger charge is 2.29. The molecule has 0 radical (unpaired) electrons. The Labute approximate surface area is 330 Å². The van der Waals surface area contributed by atoms with Crippen molar-refractivity contribution in [2.75, 3.05) is 28.2 Å². The van der Waals surface area contributed by atoms with Gasteiger partial charge >= 0.3 is 11.9 Å². The monoisotopic (exact) mass is 782 g/mol. The molecule has 302 valence electrons. The second kappa shape index (κ2) is 19.4. The van der Waals surface area contributed by atoms with E-state index in [1.54, 1.807) is 38.0 Å². The number of carbonyl (C=O) groups excluding carboxylic acids is 2. The molecule has 0 aliphatic rings. The molecule has 2 atom stereocenters. The lowest BCUT2D eigenvalue weighted by Gasteiger charge is -2.11. The predicted molar refractivity (Wildman–Crippen MR) is 216 cm³/mol. The third-order valence-corrected chi connectivity index (χ3v) is 8.82. The number of aliphatic hydroxyl groups is 2. The fraction of sp³-hybridized carbons (Fsp3) is 0.286. The van der Waals surface area contributed by atoms with Crippen molar-refractivity contribution in [3.8, 4) is 22.5 Å². The first-order chi connectivity index (χ1) is 26.4. The summed E-state index contributed by atoms with van der Waals surface area (Å²) in [5.74, 6) is -3.40. The number of aryl methyl sites for hydroxylation is 4. The number of hydrogen-bond donors (Lipinski definition) is 4. The first kappa shape index (κ1) is 45.0. The van der Waals surface area contributed by atoms with Crippen LogP contribution in [0.1, 0.15) is 33.6 Å². The molecular formula is C42H50N6O9. The molecule has 4 heterocycles. The first-order valence-electron chi connectivity index (χ1n) is 17.7. The van der Waals surface area contributed by atoms with Crippen molar-refractivity contribution >= 4 is 35.0 Å². The molecule has 6 N–H and O–H groups in total. The average molecular weight is 783 g/mol. The molecule has 2 amide bonds. The van der Waals surface area contributed by atoms with Gasteiger partial charge in [0, 0.05) is 51.7 Å². The van der Waals surface area contributed by atoms with Crippen LogP contribution in [0.2, 0.25) is 0 Å². The lowest BCUT2D eigenvalue weighted by atomic mass is 10.1. The summed E-state index contributed by atoms with van der Waals surface area (Å²) < 4.78 is 4.07. The molecule has 0 aliphatic heterocycles. The van der Waals surface area contributed by atoms with Gasteiger partial charge in [-0.1, -0.05) is 71.8 Å². The molecule has 0 saturated carbocycles. The van der Waals surface area contributed by atoms with Gasteiger partial charge in [0.1, 0.15) is 11.3 Å². The second-order valence-electron chi connectivity index (χ2n) is 13.9. The van der Waals surface area contributed by atoms with Crippen LogP contribution in [-0.4, -0.2) is 119 Å². The maximum Gasteiger partial charge on any atom is 0.335 e. The number of nitrogens with zero attached hydrogens (tertiary/aromatic N) is 6. The van der Waals surface area contributed by atoms with E-state index in [0.717, 1.165) is 56.3 Å². The molecule has 0 spiro atoms. The molecule has 15 nitrogen and oxygen atoms in total. The van der Waals surface area contributed by atoms with Crippen LogP contribution in [0.25, 0.3) is 33.8 Å². The van der Waals surface area contributed by atoms with Crippen molar-refractivity contribution < 1.29 is 45.1 Å². The minimum atomic E-state index is -2.27. The number of pyridine rings is 2. The molecule has 57 heavy (non-hydrogen) atoms. The van der Waals surface area contributed by atoms with Crippen molar-refractivity contribution in [3.05, 3.63) is 119 Å². The van der Waals surface area contributed by atoms with Gasteiger partial charge in [0.05, 0.1) is 35.6 Å². The van der Waals surface area contributed by atoms with Crippen LogP contribution in [-0.2, 0) is 32.0 Å². The number of carboxylic acids is 2. The highest BCUT2D eigenvalue weighted by molar-refractivity contribution is 5.83. The molecule has 2 aromatic carbocycles. The molecule has 0 saturated heterocycles. The number of hydrogen-bond acceptors (Lipinski definition) is 8. The van der Waals surface area contributed by atoms with E-state index >= 15 is 0 Å². The summed E-state index contributed by atoms with van der Waals surface area (Å²) in [6.45, 7) is 8.21. The van der Waals surface area contributed by atoms with Crippen LogP contribution >= 0.6 is 0 Å². The Morgan fingerprint density at radius 3 is 1.12 bits per heavy atom. The number of amides is 2. The standard InChI is InChI=1S/2C19H21N3O.C4H6O6.H2O/c2*1-13-5-8-15(9-6-13)19-16(11-18(23)21(3)4)22-12-14(2)7-10-17(22)20-19;5-1(3(7)8)2(6)4(9)10;/h2*5-10,12H,11H2,1-4H3;1-2,5-6H,(H,7,8)(H,9,10);1H2. The summed E-state index contributed by atoms with van der Waals surface area (Å²) in [5.41, 5.74) is 12.2. The normalized spacial score (nSPS) is 11.6. The second-order valence-corrected chi connectivity index (χ2v) is 13.9. The smallest absolute Gasteiger partial charge is 0.335 e. The molecule has 4 aromatic heterocycles. The molecule has 15 heteroatoms. The van der Waals surface area contributed by atoms with Crippen molar-refractivity contribution in [2.45, 2.75) is 52.7 Å². The summed E-state index contributed by atoms with van der Waals surface area (Å²) in [4.78, 5) is 56.8. The number of rotatable bonds is 9. The van der Waals surface area contributed by atoms with Gasteiger partial charge < -0.3 is 44.5 Å². The summed E-state index contributed by atoms with van der Waals surface area (Å²) >= 11 is 0. The Morgan fingerprint density at radius 2 is 0.842 bits per heavy atom. The molecule has 0 bridgehead atoms. The lowest BCUT2D eigenvalue weighted by molar-refractivity contribution is -0.165. The summed E-state index contributed by atoms with van der Waals surface area (Å²) in [6.07, 6.45) is 0.216. The zero-order chi connectivity index (χ0) is 41.4. The van der Waals surface area contributed by atoms with Gasteiger partial charge in [-0.2, -0.15) is 0 Å². The SMILES string of the molecule is Cc1ccc(-c2nc3ccc(C)cn3c2CC(=O)N(C)C)cc1.Cc1ccc(-c2nc3ccc(C)cn3c2CC(=O)N(C)C)cc1.O.O=C(O)C(O)C(O)C(=O)O. The van der Waals surface area contributed by atoms with E-state index in [1.807, 2.05) is 59.3 Å². The minimum absolute atomic E-state index is 0. The Kier molecular flexibility index (Phi) is 15.3. The lowest BCUT2D eigenvalue weighted by Crippen LogP contribution is -2.39. The number of imidazole rings is 2. The number of aromatic nitrogens is 4. The van der Waals surface area contributed by atoms with E-state index in [1.165, 1.54) is 11.1 Å². The van der Waals surface area contributed by atoms with Crippen LogP contribution in [0, 0.1) is 27.7 Å². The molecule has 2 unspecified atom stereocenters. The van der Waals surface area contributed by atoms with Crippen LogP contribution in [0.5, 0.6) is 0 Å². The Bertz CT molecular complexity index is 2180. The van der Waals surface area contributed by atoms with Crippen LogP contribution in [0.3, 0.4) is 0 Å². The van der Waals surface area contributed by atoms with Gasteiger partial charge in [-0.25, -0.2) is 19.6 Å². The number of fused-ring (bicyclic) bond motifs is 2. The summed E-state index contributed by atoms with van der Waals surface area (Å²) in [5, 5.41) is 32.5. The topological polar surface area (TPSA) is 222 Å². The Morgan fingerprint density at radius 1 is 0.544 bits per heavy atom.